The van der Waals surface area contributed by atoms with Gasteiger partial charge in [-0.2, -0.15) is 10.4 Å². The molecular formula is C30H30N6O2. The summed E-state index contributed by atoms with van der Waals surface area (Å²) >= 11 is 0. The van der Waals surface area contributed by atoms with E-state index in [1.165, 1.54) is 0 Å². The van der Waals surface area contributed by atoms with Crippen molar-refractivity contribution in [3.05, 3.63) is 78.2 Å². The van der Waals surface area contributed by atoms with Gasteiger partial charge in [0.15, 0.2) is 0 Å². The number of aliphatic hydroxyl groups is 1. The van der Waals surface area contributed by atoms with Gasteiger partial charge in [0, 0.05) is 49.1 Å². The largest absolute Gasteiger partial charge is 0.489 e. The summed E-state index contributed by atoms with van der Waals surface area (Å²) in [6.45, 7) is 7.87. The summed E-state index contributed by atoms with van der Waals surface area (Å²) in [5.41, 5.74) is 2.90. The Balaban J connectivity index is 1.29. The molecule has 1 aliphatic rings. The number of piperazine rings is 1. The lowest BCUT2D eigenvalue weighted by Crippen LogP contribution is -2.46. The van der Waals surface area contributed by atoms with Gasteiger partial charge >= 0.3 is 0 Å². The number of pyridine rings is 2. The molecular weight excluding hydrogens is 476 g/mol. The number of nitriles is 1. The van der Waals surface area contributed by atoms with E-state index < -0.39 is 5.60 Å². The van der Waals surface area contributed by atoms with Crippen LogP contribution in [-0.4, -0.2) is 69.5 Å². The van der Waals surface area contributed by atoms with Crippen LogP contribution in [0.15, 0.2) is 67.1 Å². The number of hydrogen-bond acceptors (Lipinski definition) is 7. The van der Waals surface area contributed by atoms with E-state index in [1.807, 2.05) is 54.7 Å². The molecule has 1 fully saturated rings. The Morgan fingerprint density at radius 2 is 1.84 bits per heavy atom. The Bertz CT molecular complexity index is 1500. The molecule has 8 nitrogen and oxygen atoms in total. The maximum Gasteiger partial charge on any atom is 0.138 e. The van der Waals surface area contributed by atoms with E-state index in [0.29, 0.717) is 16.8 Å². The van der Waals surface area contributed by atoms with Gasteiger partial charge in [-0.25, -0.2) is 9.50 Å². The molecule has 1 aliphatic heterocycles. The number of nitrogens with zero attached hydrogens (tertiary/aromatic N) is 6. The summed E-state index contributed by atoms with van der Waals surface area (Å²) in [7, 11) is 0. The molecule has 1 N–H and O–H groups in total. The predicted octanol–water partition coefficient (Wildman–Crippen LogP) is 3.59. The molecule has 5 rings (SSSR count). The fourth-order valence-corrected chi connectivity index (χ4v) is 4.38. The number of fused-ring (bicyclic) bond motifs is 1. The normalized spacial score (nSPS) is 14.1. The lowest BCUT2D eigenvalue weighted by molar-refractivity contribution is 0.0283. The van der Waals surface area contributed by atoms with Crippen LogP contribution in [0.3, 0.4) is 0 Å². The third-order valence-corrected chi connectivity index (χ3v) is 6.36. The second kappa shape index (κ2) is 10.9. The Hall–Kier alpha value is -4.37. The highest BCUT2D eigenvalue weighted by atomic mass is 16.5. The zero-order valence-electron chi connectivity index (χ0n) is 21.6. The molecule has 38 heavy (non-hydrogen) atoms. The minimum absolute atomic E-state index is 0.130. The molecule has 4 heterocycles. The first kappa shape index (κ1) is 25.3. The zero-order chi connectivity index (χ0) is 26.5. The molecule has 0 amide bonds. The average molecular weight is 507 g/mol. The maximum absolute atomic E-state index is 10.1. The third-order valence-electron chi connectivity index (χ3n) is 6.36. The van der Waals surface area contributed by atoms with Gasteiger partial charge in [0.2, 0.25) is 0 Å². The van der Waals surface area contributed by atoms with Gasteiger partial charge in [0.25, 0.3) is 0 Å². The second-order valence-corrected chi connectivity index (χ2v) is 9.99. The van der Waals surface area contributed by atoms with Crippen molar-refractivity contribution in [2.45, 2.75) is 19.4 Å². The van der Waals surface area contributed by atoms with Crippen molar-refractivity contribution in [3.8, 4) is 34.8 Å². The highest BCUT2D eigenvalue weighted by molar-refractivity contribution is 5.85. The van der Waals surface area contributed by atoms with E-state index >= 15 is 0 Å². The van der Waals surface area contributed by atoms with Crippen molar-refractivity contribution in [2.75, 3.05) is 44.2 Å². The van der Waals surface area contributed by atoms with E-state index in [0.717, 1.165) is 55.2 Å². The van der Waals surface area contributed by atoms with Gasteiger partial charge in [-0.05, 0) is 44.2 Å². The van der Waals surface area contributed by atoms with Crippen LogP contribution in [0.5, 0.6) is 5.75 Å². The monoisotopic (exact) mass is 506 g/mol. The first-order valence-corrected chi connectivity index (χ1v) is 12.6. The fraction of sp³-hybridized carbons (Fsp3) is 0.300. The standard InChI is InChI=1S/C30H30N6O2/c1-30(2,37)22-38-26-17-27(29-25(18-31)20-33-36(29)21-26)24-10-11-28(32-19-24)35-15-13-34(14-16-35)12-6-9-23-7-4-3-5-8-23/h3-5,7-8,10-11,17,19-21,37H,12-16,22H2,1-2H3. The molecule has 0 radical (unpaired) electrons. The highest BCUT2D eigenvalue weighted by Crippen LogP contribution is 2.31. The molecule has 0 unspecified atom stereocenters. The summed E-state index contributed by atoms with van der Waals surface area (Å²) in [6, 6.07) is 18.2. The molecule has 0 spiro atoms. The van der Waals surface area contributed by atoms with Crippen molar-refractivity contribution in [2.24, 2.45) is 0 Å². The summed E-state index contributed by atoms with van der Waals surface area (Å²) in [5.74, 6) is 7.99. The minimum Gasteiger partial charge on any atom is -0.489 e. The van der Waals surface area contributed by atoms with Gasteiger partial charge in [-0.3, -0.25) is 4.90 Å². The molecule has 0 aliphatic carbocycles. The summed E-state index contributed by atoms with van der Waals surface area (Å²) in [4.78, 5) is 9.39. The number of aromatic nitrogens is 3. The lowest BCUT2D eigenvalue weighted by Gasteiger charge is -2.34. The van der Waals surface area contributed by atoms with Crippen LogP contribution in [0.4, 0.5) is 5.82 Å². The smallest absolute Gasteiger partial charge is 0.138 e. The van der Waals surface area contributed by atoms with Crippen LogP contribution < -0.4 is 9.64 Å². The van der Waals surface area contributed by atoms with Crippen LogP contribution in [0.1, 0.15) is 25.0 Å². The van der Waals surface area contributed by atoms with Crippen LogP contribution in [0.25, 0.3) is 16.6 Å². The van der Waals surface area contributed by atoms with E-state index in [1.54, 1.807) is 30.8 Å². The number of rotatable bonds is 6. The molecule has 1 saturated heterocycles. The van der Waals surface area contributed by atoms with E-state index in [4.69, 9.17) is 9.72 Å². The van der Waals surface area contributed by atoms with Crippen LogP contribution in [0, 0.1) is 23.2 Å². The summed E-state index contributed by atoms with van der Waals surface area (Å²) < 4.78 is 7.47. The Kier molecular flexibility index (Phi) is 7.28. The maximum atomic E-state index is 10.1. The molecule has 0 saturated carbocycles. The molecule has 1 aromatic carbocycles. The van der Waals surface area contributed by atoms with E-state index in [2.05, 4.69) is 32.8 Å². The topological polar surface area (TPSA) is 89.9 Å². The number of benzene rings is 1. The fourth-order valence-electron chi connectivity index (χ4n) is 4.38. The number of hydrogen-bond donors (Lipinski definition) is 1. The van der Waals surface area contributed by atoms with Crippen molar-refractivity contribution in [3.63, 3.8) is 0 Å². The van der Waals surface area contributed by atoms with Crippen molar-refractivity contribution >= 4 is 11.3 Å². The Labute approximate surface area is 222 Å². The van der Waals surface area contributed by atoms with Crippen LogP contribution in [-0.2, 0) is 0 Å². The molecule has 3 aromatic heterocycles. The Morgan fingerprint density at radius 1 is 1.05 bits per heavy atom. The van der Waals surface area contributed by atoms with Crippen molar-refractivity contribution in [1.82, 2.24) is 19.5 Å². The van der Waals surface area contributed by atoms with E-state index in [-0.39, 0.29) is 6.61 Å². The van der Waals surface area contributed by atoms with Gasteiger partial charge < -0.3 is 14.7 Å². The van der Waals surface area contributed by atoms with Gasteiger partial charge in [-0.15, -0.1) is 0 Å². The lowest BCUT2D eigenvalue weighted by atomic mass is 10.1. The first-order valence-electron chi connectivity index (χ1n) is 12.6. The third kappa shape index (κ3) is 5.95. The van der Waals surface area contributed by atoms with Crippen LogP contribution in [0.2, 0.25) is 0 Å². The predicted molar refractivity (Wildman–Crippen MR) is 147 cm³/mol. The second-order valence-electron chi connectivity index (χ2n) is 9.99. The van der Waals surface area contributed by atoms with Gasteiger partial charge in [-0.1, -0.05) is 30.0 Å². The summed E-state index contributed by atoms with van der Waals surface area (Å²) in [5, 5.41) is 24.0. The van der Waals surface area contributed by atoms with Gasteiger partial charge in [0.1, 0.15) is 24.2 Å². The Morgan fingerprint density at radius 3 is 2.53 bits per heavy atom. The van der Waals surface area contributed by atoms with Crippen LogP contribution >= 0.6 is 0 Å². The molecule has 8 heteroatoms. The van der Waals surface area contributed by atoms with Crippen molar-refractivity contribution in [1.29, 1.82) is 5.26 Å². The summed E-state index contributed by atoms with van der Waals surface area (Å²) in [6.07, 6.45) is 5.09. The van der Waals surface area contributed by atoms with Gasteiger partial charge in [0.05, 0.1) is 35.6 Å². The first-order chi connectivity index (χ1) is 18.4. The molecule has 0 atom stereocenters. The SMILES string of the molecule is CC(C)(O)COc1cc(-c2ccc(N3CCN(CC#Cc4ccccc4)CC3)nc2)c2c(C#N)cnn2c1. The zero-order valence-corrected chi connectivity index (χ0v) is 21.6. The quantitative estimate of drug-likeness (QED) is 0.400. The van der Waals surface area contributed by atoms with E-state index in [9.17, 15) is 10.4 Å². The van der Waals surface area contributed by atoms with Crippen molar-refractivity contribution < 1.29 is 9.84 Å². The molecule has 0 bridgehead atoms. The minimum atomic E-state index is -0.973. The number of ether oxygens (including phenoxy) is 1. The molecule has 4 aromatic rings. The molecule has 192 valence electrons. The average Bonchev–Trinajstić information content (AvgIpc) is 3.35. The highest BCUT2D eigenvalue weighted by Gasteiger charge is 2.19. The number of anilines is 1.